The number of oxime groups is 1. The summed E-state index contributed by atoms with van der Waals surface area (Å²) in [6.07, 6.45) is 2.01. The van der Waals surface area contributed by atoms with Crippen LogP contribution < -0.4 is 16.4 Å². The van der Waals surface area contributed by atoms with E-state index in [9.17, 15) is 4.79 Å². The molecule has 1 aliphatic rings. The van der Waals surface area contributed by atoms with Gasteiger partial charge in [0, 0.05) is 6.04 Å². The summed E-state index contributed by atoms with van der Waals surface area (Å²) in [5, 5.41) is 16.9. The first-order valence-electron chi connectivity index (χ1n) is 5.09. The van der Waals surface area contributed by atoms with Crippen molar-refractivity contribution in [3.63, 3.8) is 0 Å². The Morgan fingerprint density at radius 1 is 1.47 bits per heavy atom. The van der Waals surface area contributed by atoms with Crippen LogP contribution in [0.25, 0.3) is 0 Å². The molecule has 1 atom stereocenters. The van der Waals surface area contributed by atoms with E-state index in [1.54, 1.807) is 0 Å². The van der Waals surface area contributed by atoms with Crippen molar-refractivity contribution in [2.45, 2.75) is 38.8 Å². The highest BCUT2D eigenvalue weighted by molar-refractivity contribution is 5.90. The lowest BCUT2D eigenvalue weighted by atomic mass is 10.2. The molecule has 1 fully saturated rings. The van der Waals surface area contributed by atoms with Gasteiger partial charge in [0.05, 0.1) is 6.04 Å². The van der Waals surface area contributed by atoms with Crippen LogP contribution in [0.1, 0.15) is 26.7 Å². The normalized spacial score (nSPS) is 18.7. The molecule has 0 aromatic rings. The summed E-state index contributed by atoms with van der Waals surface area (Å²) >= 11 is 0. The first kappa shape index (κ1) is 11.6. The molecule has 0 aromatic heterocycles. The predicted molar refractivity (Wildman–Crippen MR) is 56.7 cm³/mol. The van der Waals surface area contributed by atoms with Gasteiger partial charge < -0.3 is 21.6 Å². The number of carbonyl (C=O) groups excluding carboxylic acids is 1. The fraction of sp³-hybridized carbons (Fsp3) is 0.778. The van der Waals surface area contributed by atoms with Crippen molar-refractivity contribution >= 4 is 11.9 Å². The van der Waals surface area contributed by atoms with E-state index in [0.717, 1.165) is 12.8 Å². The summed E-state index contributed by atoms with van der Waals surface area (Å²) in [5.41, 5.74) is 5.49. The van der Waals surface area contributed by atoms with Crippen molar-refractivity contribution in [1.82, 2.24) is 10.6 Å². The van der Waals surface area contributed by atoms with Crippen molar-refractivity contribution in [2.24, 2.45) is 16.8 Å². The number of nitrogens with two attached hydrogens (primary N) is 1. The molecule has 86 valence electrons. The molecule has 0 spiro atoms. The van der Waals surface area contributed by atoms with Gasteiger partial charge in [-0.15, -0.1) is 0 Å². The Kier molecular flexibility index (Phi) is 3.76. The van der Waals surface area contributed by atoms with Gasteiger partial charge in [0.25, 0.3) is 0 Å². The third-order valence-electron chi connectivity index (χ3n) is 2.23. The van der Waals surface area contributed by atoms with Crippen LogP contribution in [0.4, 0.5) is 4.79 Å². The molecule has 6 nitrogen and oxygen atoms in total. The average molecular weight is 214 g/mol. The number of hydrogen-bond donors (Lipinski definition) is 4. The Balaban J connectivity index is 2.48. The van der Waals surface area contributed by atoms with Crippen LogP contribution in [0.3, 0.4) is 0 Å². The maximum Gasteiger partial charge on any atom is 0.315 e. The summed E-state index contributed by atoms with van der Waals surface area (Å²) in [6.45, 7) is 3.74. The Bertz CT molecular complexity index is 261. The molecule has 15 heavy (non-hydrogen) atoms. The maximum absolute atomic E-state index is 11.4. The van der Waals surface area contributed by atoms with Gasteiger partial charge in [-0.2, -0.15) is 0 Å². The van der Waals surface area contributed by atoms with Crippen LogP contribution in [0.2, 0.25) is 0 Å². The summed E-state index contributed by atoms with van der Waals surface area (Å²) in [6, 6.07) is -0.570. The van der Waals surface area contributed by atoms with Crippen molar-refractivity contribution in [2.75, 3.05) is 0 Å². The van der Waals surface area contributed by atoms with Crippen molar-refractivity contribution < 1.29 is 10.0 Å². The highest BCUT2D eigenvalue weighted by Crippen LogP contribution is 2.32. The minimum Gasteiger partial charge on any atom is -0.409 e. The van der Waals surface area contributed by atoms with Crippen LogP contribution >= 0.6 is 0 Å². The molecule has 0 bridgehead atoms. The number of amidine groups is 1. The molecule has 2 amide bonds. The molecule has 0 aliphatic heterocycles. The minimum atomic E-state index is -0.353. The van der Waals surface area contributed by atoms with E-state index < -0.39 is 0 Å². The number of rotatable bonds is 4. The van der Waals surface area contributed by atoms with Gasteiger partial charge in [0.1, 0.15) is 0 Å². The SMILES string of the molecule is CC(C)NC(=O)NC(C(N)=NO)C1CC1. The Morgan fingerprint density at radius 3 is 2.47 bits per heavy atom. The van der Waals surface area contributed by atoms with Crippen LogP contribution in [-0.4, -0.2) is 29.2 Å². The van der Waals surface area contributed by atoms with Crippen molar-refractivity contribution in [1.29, 1.82) is 0 Å². The van der Waals surface area contributed by atoms with Gasteiger partial charge in [0.2, 0.25) is 0 Å². The van der Waals surface area contributed by atoms with E-state index in [2.05, 4.69) is 15.8 Å². The molecule has 0 radical (unpaired) electrons. The van der Waals surface area contributed by atoms with Crippen LogP contribution in [-0.2, 0) is 0 Å². The summed E-state index contributed by atoms with van der Waals surface area (Å²) in [5.74, 6) is 0.371. The average Bonchev–Trinajstić information content (AvgIpc) is 2.95. The lowest BCUT2D eigenvalue weighted by molar-refractivity contribution is 0.235. The topological polar surface area (TPSA) is 99.7 Å². The van der Waals surface area contributed by atoms with E-state index in [0.29, 0.717) is 5.92 Å². The summed E-state index contributed by atoms with van der Waals surface area (Å²) < 4.78 is 0. The molecule has 5 N–H and O–H groups in total. The third-order valence-corrected chi connectivity index (χ3v) is 2.23. The smallest absolute Gasteiger partial charge is 0.315 e. The molecule has 0 aromatic carbocycles. The van der Waals surface area contributed by atoms with Gasteiger partial charge in [-0.25, -0.2) is 4.79 Å². The molecule has 1 rings (SSSR count). The zero-order chi connectivity index (χ0) is 11.4. The fourth-order valence-electron chi connectivity index (χ4n) is 1.37. The summed E-state index contributed by atoms with van der Waals surface area (Å²) in [7, 11) is 0. The summed E-state index contributed by atoms with van der Waals surface area (Å²) in [4.78, 5) is 11.4. The Hall–Kier alpha value is -1.46. The number of amides is 2. The number of nitrogens with one attached hydrogen (secondary N) is 2. The van der Waals surface area contributed by atoms with E-state index >= 15 is 0 Å². The van der Waals surface area contributed by atoms with E-state index in [-0.39, 0.29) is 24.0 Å². The molecule has 1 aliphatic carbocycles. The van der Waals surface area contributed by atoms with E-state index in [1.165, 1.54) is 0 Å². The highest BCUT2D eigenvalue weighted by atomic mass is 16.4. The Morgan fingerprint density at radius 2 is 2.07 bits per heavy atom. The van der Waals surface area contributed by atoms with E-state index in [4.69, 9.17) is 10.9 Å². The van der Waals surface area contributed by atoms with Gasteiger partial charge in [-0.1, -0.05) is 5.16 Å². The maximum atomic E-state index is 11.4. The second-order valence-electron chi connectivity index (χ2n) is 4.11. The molecule has 0 saturated heterocycles. The molecule has 6 heteroatoms. The molecule has 1 unspecified atom stereocenters. The van der Waals surface area contributed by atoms with Gasteiger partial charge in [0.15, 0.2) is 5.84 Å². The van der Waals surface area contributed by atoms with Crippen molar-refractivity contribution in [3.05, 3.63) is 0 Å². The van der Waals surface area contributed by atoms with Crippen LogP contribution in [0.5, 0.6) is 0 Å². The van der Waals surface area contributed by atoms with Gasteiger partial charge >= 0.3 is 6.03 Å². The van der Waals surface area contributed by atoms with Crippen LogP contribution in [0, 0.1) is 5.92 Å². The largest absolute Gasteiger partial charge is 0.409 e. The zero-order valence-electron chi connectivity index (χ0n) is 9.03. The lowest BCUT2D eigenvalue weighted by Crippen LogP contribution is -2.51. The third kappa shape index (κ3) is 3.65. The molecular weight excluding hydrogens is 196 g/mol. The second-order valence-corrected chi connectivity index (χ2v) is 4.11. The van der Waals surface area contributed by atoms with E-state index in [1.807, 2.05) is 13.8 Å². The second kappa shape index (κ2) is 4.86. The number of hydrogen-bond acceptors (Lipinski definition) is 3. The van der Waals surface area contributed by atoms with Crippen molar-refractivity contribution in [3.8, 4) is 0 Å². The fourth-order valence-corrected chi connectivity index (χ4v) is 1.37. The molecule has 1 saturated carbocycles. The number of nitrogens with zero attached hydrogens (tertiary/aromatic N) is 1. The molecular formula is C9H18N4O2. The number of urea groups is 1. The lowest BCUT2D eigenvalue weighted by Gasteiger charge is -2.18. The standard InChI is InChI=1S/C9H18N4O2/c1-5(2)11-9(14)12-7(6-3-4-6)8(10)13-15/h5-7,15H,3-4H2,1-2H3,(H2,10,13)(H2,11,12,14). The number of carbonyl (C=O) groups is 1. The predicted octanol–water partition coefficient (Wildman–Crippen LogP) is 0.219. The van der Waals surface area contributed by atoms with Gasteiger partial charge in [-0.3, -0.25) is 0 Å². The Labute approximate surface area is 88.9 Å². The highest BCUT2D eigenvalue weighted by Gasteiger charge is 2.35. The minimum absolute atomic E-state index is 0.0661. The zero-order valence-corrected chi connectivity index (χ0v) is 9.03. The first-order valence-corrected chi connectivity index (χ1v) is 5.09. The monoisotopic (exact) mass is 214 g/mol. The first-order chi connectivity index (χ1) is 7.04. The van der Waals surface area contributed by atoms with Gasteiger partial charge in [-0.05, 0) is 32.6 Å². The van der Waals surface area contributed by atoms with Crippen LogP contribution in [0.15, 0.2) is 5.16 Å². The molecule has 0 heterocycles. The quantitative estimate of drug-likeness (QED) is 0.233.